The van der Waals surface area contributed by atoms with E-state index in [1.165, 1.54) is 26.2 Å². The standard InChI is InChI=1S/C19H16N4O5S/c1-23(2)29(25,26)14-9-7-12(8-10-14)18-21-22-19(28-18)20-17(24)16-11-13-5-3-4-6-15(13)27-16/h3-11H,1-2H3,(H,20,22,24). The summed E-state index contributed by atoms with van der Waals surface area (Å²) in [5, 5.41) is 11.0. The molecule has 0 bridgehead atoms. The SMILES string of the molecule is CN(C)S(=O)(=O)c1ccc(-c2nnc(NC(=O)c3cc4ccccc4o3)o2)cc1. The van der Waals surface area contributed by atoms with Gasteiger partial charge >= 0.3 is 6.01 Å². The van der Waals surface area contributed by atoms with Gasteiger partial charge in [-0.15, -0.1) is 5.10 Å². The lowest BCUT2D eigenvalue weighted by molar-refractivity contribution is 0.0996. The highest BCUT2D eigenvalue weighted by molar-refractivity contribution is 7.89. The Morgan fingerprint density at radius 2 is 1.72 bits per heavy atom. The third-order valence-electron chi connectivity index (χ3n) is 4.17. The molecular weight excluding hydrogens is 396 g/mol. The number of hydrogen-bond acceptors (Lipinski definition) is 7. The van der Waals surface area contributed by atoms with Crippen molar-refractivity contribution in [3.63, 3.8) is 0 Å². The number of anilines is 1. The number of carbonyl (C=O) groups is 1. The summed E-state index contributed by atoms with van der Waals surface area (Å²) in [5.74, 6) is -0.272. The maximum Gasteiger partial charge on any atom is 0.322 e. The molecule has 2 aromatic carbocycles. The van der Waals surface area contributed by atoms with Gasteiger partial charge in [-0.25, -0.2) is 12.7 Å². The zero-order chi connectivity index (χ0) is 20.6. The first-order valence-electron chi connectivity index (χ1n) is 8.51. The summed E-state index contributed by atoms with van der Waals surface area (Å²) in [7, 11) is -0.616. The zero-order valence-corrected chi connectivity index (χ0v) is 16.3. The number of benzene rings is 2. The summed E-state index contributed by atoms with van der Waals surface area (Å²) in [6, 6.07) is 14.8. The van der Waals surface area contributed by atoms with E-state index in [-0.39, 0.29) is 22.6 Å². The van der Waals surface area contributed by atoms with E-state index < -0.39 is 15.9 Å². The van der Waals surface area contributed by atoms with Crippen molar-refractivity contribution in [3.8, 4) is 11.5 Å². The molecule has 4 aromatic rings. The minimum absolute atomic E-state index is 0.101. The number of nitrogens with one attached hydrogen (secondary N) is 1. The van der Waals surface area contributed by atoms with Crippen molar-refractivity contribution in [2.24, 2.45) is 0 Å². The molecule has 0 spiro atoms. The number of fused-ring (bicyclic) bond motifs is 1. The second kappa shape index (κ2) is 7.15. The van der Waals surface area contributed by atoms with E-state index in [2.05, 4.69) is 15.5 Å². The van der Waals surface area contributed by atoms with Gasteiger partial charge in [-0.1, -0.05) is 23.3 Å². The normalized spacial score (nSPS) is 11.8. The number of carbonyl (C=O) groups excluding carboxylic acids is 1. The molecule has 148 valence electrons. The van der Waals surface area contributed by atoms with E-state index in [4.69, 9.17) is 8.83 Å². The van der Waals surface area contributed by atoms with Gasteiger partial charge in [-0.2, -0.15) is 0 Å². The molecule has 0 atom stereocenters. The van der Waals surface area contributed by atoms with Crippen molar-refractivity contribution in [2.45, 2.75) is 4.90 Å². The van der Waals surface area contributed by atoms with Gasteiger partial charge < -0.3 is 8.83 Å². The van der Waals surface area contributed by atoms with Gasteiger partial charge in [-0.05, 0) is 36.4 Å². The Labute approximate surface area is 166 Å². The lowest BCUT2D eigenvalue weighted by Gasteiger charge is -2.11. The topological polar surface area (TPSA) is 119 Å². The Morgan fingerprint density at radius 1 is 1.00 bits per heavy atom. The molecular formula is C19H16N4O5S. The van der Waals surface area contributed by atoms with Gasteiger partial charge in [0.2, 0.25) is 15.9 Å². The summed E-state index contributed by atoms with van der Waals surface area (Å²) in [6.07, 6.45) is 0. The predicted octanol–water partition coefficient (Wildman–Crippen LogP) is 2.99. The van der Waals surface area contributed by atoms with Crippen LogP contribution in [0.3, 0.4) is 0 Å². The average Bonchev–Trinajstić information content (AvgIpc) is 3.35. The van der Waals surface area contributed by atoms with Crippen molar-refractivity contribution in [3.05, 3.63) is 60.4 Å². The summed E-state index contributed by atoms with van der Waals surface area (Å²) in [6.45, 7) is 0. The van der Waals surface area contributed by atoms with Crippen LogP contribution in [0.15, 0.2) is 68.3 Å². The molecule has 9 nitrogen and oxygen atoms in total. The highest BCUT2D eigenvalue weighted by Gasteiger charge is 2.19. The van der Waals surface area contributed by atoms with Crippen LogP contribution in [0.25, 0.3) is 22.4 Å². The number of rotatable bonds is 5. The molecule has 1 amide bonds. The van der Waals surface area contributed by atoms with Gasteiger partial charge in [0, 0.05) is 25.0 Å². The van der Waals surface area contributed by atoms with Crippen molar-refractivity contribution in [1.82, 2.24) is 14.5 Å². The van der Waals surface area contributed by atoms with Crippen LogP contribution in [-0.4, -0.2) is 42.9 Å². The Hall–Kier alpha value is -3.50. The summed E-state index contributed by atoms with van der Waals surface area (Å²) < 4.78 is 36.3. The molecule has 2 heterocycles. The third kappa shape index (κ3) is 3.62. The quantitative estimate of drug-likeness (QED) is 0.535. The van der Waals surface area contributed by atoms with Gasteiger partial charge in [0.1, 0.15) is 5.58 Å². The molecule has 0 fully saturated rings. The number of sulfonamides is 1. The van der Waals surface area contributed by atoms with E-state index >= 15 is 0 Å². The molecule has 0 aliphatic carbocycles. The Balaban J connectivity index is 1.51. The molecule has 0 unspecified atom stereocenters. The van der Waals surface area contributed by atoms with Gasteiger partial charge in [0.15, 0.2) is 5.76 Å². The fourth-order valence-electron chi connectivity index (χ4n) is 2.62. The molecule has 4 rings (SSSR count). The molecule has 0 radical (unpaired) electrons. The largest absolute Gasteiger partial charge is 0.451 e. The van der Waals surface area contributed by atoms with Crippen LogP contribution in [-0.2, 0) is 10.0 Å². The second-order valence-corrected chi connectivity index (χ2v) is 8.48. The number of furan rings is 1. The fourth-order valence-corrected chi connectivity index (χ4v) is 3.52. The number of aromatic nitrogens is 2. The summed E-state index contributed by atoms with van der Waals surface area (Å²) in [4.78, 5) is 12.5. The van der Waals surface area contributed by atoms with Crippen LogP contribution >= 0.6 is 0 Å². The van der Waals surface area contributed by atoms with Crippen LogP contribution < -0.4 is 5.32 Å². The van der Waals surface area contributed by atoms with E-state index in [1.807, 2.05) is 18.2 Å². The van der Waals surface area contributed by atoms with Gasteiger partial charge in [0.25, 0.3) is 5.91 Å². The Kier molecular flexibility index (Phi) is 4.65. The number of hydrogen-bond donors (Lipinski definition) is 1. The summed E-state index contributed by atoms with van der Waals surface area (Å²) >= 11 is 0. The third-order valence-corrected chi connectivity index (χ3v) is 6.00. The monoisotopic (exact) mass is 412 g/mol. The van der Waals surface area contributed by atoms with Crippen LogP contribution in [0.4, 0.5) is 6.01 Å². The molecule has 0 saturated heterocycles. The van der Waals surface area contributed by atoms with Crippen molar-refractivity contribution >= 4 is 32.9 Å². The number of nitrogens with zero attached hydrogens (tertiary/aromatic N) is 3. The number of para-hydroxylation sites is 1. The highest BCUT2D eigenvalue weighted by Crippen LogP contribution is 2.24. The van der Waals surface area contributed by atoms with Gasteiger partial charge in [0.05, 0.1) is 4.90 Å². The van der Waals surface area contributed by atoms with Crippen LogP contribution in [0.2, 0.25) is 0 Å². The zero-order valence-electron chi connectivity index (χ0n) is 15.5. The first kappa shape index (κ1) is 18.8. The maximum atomic E-state index is 12.3. The second-order valence-electron chi connectivity index (χ2n) is 6.33. The fraction of sp³-hybridized carbons (Fsp3) is 0.105. The average molecular weight is 412 g/mol. The van der Waals surface area contributed by atoms with Gasteiger partial charge in [-0.3, -0.25) is 10.1 Å². The first-order chi connectivity index (χ1) is 13.8. The molecule has 0 aliphatic heterocycles. The minimum Gasteiger partial charge on any atom is -0.451 e. The smallest absolute Gasteiger partial charge is 0.322 e. The first-order valence-corrected chi connectivity index (χ1v) is 9.95. The predicted molar refractivity (Wildman–Crippen MR) is 105 cm³/mol. The summed E-state index contributed by atoms with van der Waals surface area (Å²) in [5.41, 5.74) is 1.11. The Bertz CT molecular complexity index is 1260. The molecule has 0 saturated carbocycles. The van der Waals surface area contributed by atoms with E-state index in [0.717, 1.165) is 9.69 Å². The van der Waals surface area contributed by atoms with Crippen LogP contribution in [0.5, 0.6) is 0 Å². The van der Waals surface area contributed by atoms with E-state index in [9.17, 15) is 13.2 Å². The van der Waals surface area contributed by atoms with Crippen molar-refractivity contribution in [2.75, 3.05) is 19.4 Å². The Morgan fingerprint density at radius 3 is 2.41 bits per heavy atom. The maximum absolute atomic E-state index is 12.3. The lowest BCUT2D eigenvalue weighted by Crippen LogP contribution is -2.22. The number of amides is 1. The van der Waals surface area contributed by atoms with E-state index in [1.54, 1.807) is 24.3 Å². The van der Waals surface area contributed by atoms with Crippen molar-refractivity contribution in [1.29, 1.82) is 0 Å². The van der Waals surface area contributed by atoms with E-state index in [0.29, 0.717) is 11.1 Å². The van der Waals surface area contributed by atoms with Crippen LogP contribution in [0, 0.1) is 0 Å². The molecule has 29 heavy (non-hydrogen) atoms. The molecule has 2 aromatic heterocycles. The van der Waals surface area contributed by atoms with Crippen LogP contribution in [0.1, 0.15) is 10.6 Å². The van der Waals surface area contributed by atoms with Crippen molar-refractivity contribution < 1.29 is 22.0 Å². The lowest BCUT2D eigenvalue weighted by atomic mass is 10.2. The molecule has 10 heteroatoms. The molecule has 0 aliphatic rings. The molecule has 1 N–H and O–H groups in total. The minimum atomic E-state index is -3.53. The highest BCUT2D eigenvalue weighted by atomic mass is 32.2.